The van der Waals surface area contributed by atoms with Crippen LogP contribution in [0.2, 0.25) is 0 Å². The molecule has 1 nitrogen and oxygen atoms in total. The molecule has 1 unspecified atom stereocenters. The smallest absolute Gasteiger partial charge is 0.0426 e. The standard InChI is InChI=1S/C18H23NS/c1-14-16(10-13-20-14)17(19-2)18(11-6-7-12-18)15-8-4-3-5-9-15/h3-5,8-10,13,17,19H,6-7,11-12H2,1-2H3. The molecule has 106 valence electrons. The molecule has 20 heavy (non-hydrogen) atoms. The normalized spacial score (nSPS) is 19.1. The molecule has 2 heteroatoms. The summed E-state index contributed by atoms with van der Waals surface area (Å²) >= 11 is 1.86. The van der Waals surface area contributed by atoms with Gasteiger partial charge in [-0.25, -0.2) is 0 Å². The van der Waals surface area contributed by atoms with E-state index in [0.29, 0.717) is 6.04 Å². The van der Waals surface area contributed by atoms with E-state index < -0.39 is 0 Å². The first-order valence-electron chi connectivity index (χ1n) is 7.55. The van der Waals surface area contributed by atoms with Crippen molar-refractivity contribution in [2.45, 2.75) is 44.1 Å². The van der Waals surface area contributed by atoms with E-state index in [1.54, 1.807) is 0 Å². The summed E-state index contributed by atoms with van der Waals surface area (Å²) in [5.41, 5.74) is 3.26. The van der Waals surface area contributed by atoms with Crippen LogP contribution in [0.3, 0.4) is 0 Å². The average Bonchev–Trinajstić information content (AvgIpc) is 3.12. The molecule has 0 saturated heterocycles. The van der Waals surface area contributed by atoms with Gasteiger partial charge in [-0.2, -0.15) is 0 Å². The highest BCUT2D eigenvalue weighted by molar-refractivity contribution is 7.10. The van der Waals surface area contributed by atoms with Gasteiger partial charge >= 0.3 is 0 Å². The Bertz CT molecular complexity index is 552. The van der Waals surface area contributed by atoms with Crippen LogP contribution in [0.5, 0.6) is 0 Å². The first-order valence-corrected chi connectivity index (χ1v) is 8.43. The van der Waals surface area contributed by atoms with Gasteiger partial charge in [0.1, 0.15) is 0 Å². The summed E-state index contributed by atoms with van der Waals surface area (Å²) in [5.74, 6) is 0. The number of hydrogen-bond donors (Lipinski definition) is 1. The minimum absolute atomic E-state index is 0.266. The Morgan fingerprint density at radius 2 is 1.80 bits per heavy atom. The van der Waals surface area contributed by atoms with Crippen LogP contribution in [0.4, 0.5) is 0 Å². The number of hydrogen-bond acceptors (Lipinski definition) is 2. The van der Waals surface area contributed by atoms with Crippen molar-refractivity contribution in [3.05, 3.63) is 57.8 Å². The molecule has 0 amide bonds. The Morgan fingerprint density at radius 3 is 2.35 bits per heavy atom. The van der Waals surface area contributed by atoms with Crippen LogP contribution >= 0.6 is 11.3 Å². The predicted octanol–water partition coefficient (Wildman–Crippen LogP) is 4.83. The van der Waals surface area contributed by atoms with Crippen LogP contribution in [0, 0.1) is 6.92 Å². The molecule has 1 fully saturated rings. The van der Waals surface area contributed by atoms with Crippen LogP contribution in [0.25, 0.3) is 0 Å². The summed E-state index contributed by atoms with van der Waals surface area (Å²) in [5, 5.41) is 5.86. The van der Waals surface area contributed by atoms with Crippen LogP contribution in [-0.4, -0.2) is 7.05 Å². The van der Waals surface area contributed by atoms with Crippen LogP contribution in [0.1, 0.15) is 47.7 Å². The van der Waals surface area contributed by atoms with Gasteiger partial charge in [0, 0.05) is 16.3 Å². The lowest BCUT2D eigenvalue weighted by molar-refractivity contribution is 0.315. The van der Waals surface area contributed by atoms with Gasteiger partial charge in [-0.1, -0.05) is 43.2 Å². The third-order valence-corrected chi connectivity index (χ3v) is 5.76. The van der Waals surface area contributed by atoms with Crippen molar-refractivity contribution >= 4 is 11.3 Å². The van der Waals surface area contributed by atoms with Gasteiger partial charge < -0.3 is 5.32 Å². The zero-order chi connectivity index (χ0) is 14.0. The molecule has 1 aliphatic rings. The summed E-state index contributed by atoms with van der Waals surface area (Å²) < 4.78 is 0. The topological polar surface area (TPSA) is 12.0 Å². The Balaban J connectivity index is 2.08. The molecule has 0 aliphatic heterocycles. The van der Waals surface area contributed by atoms with E-state index in [1.165, 1.54) is 41.7 Å². The zero-order valence-corrected chi connectivity index (χ0v) is 13.2. The lowest BCUT2D eigenvalue weighted by atomic mass is 9.70. The maximum atomic E-state index is 3.63. The van der Waals surface area contributed by atoms with E-state index in [4.69, 9.17) is 0 Å². The Morgan fingerprint density at radius 1 is 1.10 bits per heavy atom. The van der Waals surface area contributed by atoms with Gasteiger partial charge in [-0.15, -0.1) is 11.3 Å². The molecule has 2 aromatic rings. The summed E-state index contributed by atoms with van der Waals surface area (Å²) in [6.45, 7) is 2.25. The van der Waals surface area contributed by atoms with Crippen LogP contribution < -0.4 is 5.32 Å². The fraction of sp³-hybridized carbons (Fsp3) is 0.444. The second kappa shape index (κ2) is 5.71. The molecular formula is C18H23NS. The number of thiophene rings is 1. The predicted molar refractivity (Wildman–Crippen MR) is 87.4 cm³/mol. The fourth-order valence-corrected chi connectivity index (χ4v) is 4.68. The molecule has 1 aromatic carbocycles. The second-order valence-electron chi connectivity index (χ2n) is 5.88. The van der Waals surface area contributed by atoms with Crippen molar-refractivity contribution in [1.29, 1.82) is 0 Å². The van der Waals surface area contributed by atoms with Crippen molar-refractivity contribution in [1.82, 2.24) is 5.32 Å². The zero-order valence-electron chi connectivity index (χ0n) is 12.4. The summed E-state index contributed by atoms with van der Waals surface area (Å²) in [4.78, 5) is 1.45. The van der Waals surface area contributed by atoms with Gasteiger partial charge in [0.15, 0.2) is 0 Å². The van der Waals surface area contributed by atoms with Crippen molar-refractivity contribution in [2.75, 3.05) is 7.05 Å². The number of benzene rings is 1. The summed E-state index contributed by atoms with van der Waals surface area (Å²) in [6.07, 6.45) is 5.27. The van der Waals surface area contributed by atoms with Crippen LogP contribution in [-0.2, 0) is 5.41 Å². The van der Waals surface area contributed by atoms with Gasteiger partial charge in [0.05, 0.1) is 0 Å². The molecule has 1 heterocycles. The Hall–Kier alpha value is -1.12. The van der Waals surface area contributed by atoms with E-state index in [-0.39, 0.29) is 5.41 Å². The van der Waals surface area contributed by atoms with Gasteiger partial charge in [-0.05, 0) is 49.4 Å². The highest BCUT2D eigenvalue weighted by atomic mass is 32.1. The molecule has 0 spiro atoms. The molecule has 0 radical (unpaired) electrons. The minimum Gasteiger partial charge on any atom is -0.312 e. The summed E-state index contributed by atoms with van der Waals surface area (Å²) in [7, 11) is 2.12. The number of nitrogens with one attached hydrogen (secondary N) is 1. The van der Waals surface area contributed by atoms with Crippen LogP contribution in [0.15, 0.2) is 41.8 Å². The van der Waals surface area contributed by atoms with E-state index >= 15 is 0 Å². The van der Waals surface area contributed by atoms with Crippen molar-refractivity contribution in [2.24, 2.45) is 0 Å². The molecular weight excluding hydrogens is 262 g/mol. The largest absolute Gasteiger partial charge is 0.312 e. The van der Waals surface area contributed by atoms with Gasteiger partial charge in [0.2, 0.25) is 0 Å². The molecule has 0 bridgehead atoms. The van der Waals surface area contributed by atoms with E-state index in [2.05, 4.69) is 61.1 Å². The van der Waals surface area contributed by atoms with E-state index in [1.807, 2.05) is 11.3 Å². The SMILES string of the molecule is CNC(c1ccsc1C)C1(c2ccccc2)CCCC1. The molecule has 1 aromatic heterocycles. The quantitative estimate of drug-likeness (QED) is 0.848. The number of likely N-dealkylation sites (N-methyl/N-ethyl adjacent to an activating group) is 1. The third-order valence-electron chi connectivity index (χ3n) is 4.90. The van der Waals surface area contributed by atoms with Crippen molar-refractivity contribution in [3.8, 4) is 0 Å². The minimum atomic E-state index is 0.266. The molecule has 1 N–H and O–H groups in total. The maximum Gasteiger partial charge on any atom is 0.0426 e. The highest BCUT2D eigenvalue weighted by Gasteiger charge is 2.43. The van der Waals surface area contributed by atoms with Crippen molar-refractivity contribution < 1.29 is 0 Å². The van der Waals surface area contributed by atoms with Gasteiger partial charge in [-0.3, -0.25) is 0 Å². The number of rotatable bonds is 4. The lowest BCUT2D eigenvalue weighted by Crippen LogP contribution is -2.38. The lowest BCUT2D eigenvalue weighted by Gasteiger charge is -2.38. The van der Waals surface area contributed by atoms with E-state index in [9.17, 15) is 0 Å². The first-order chi connectivity index (χ1) is 9.78. The molecule has 1 atom stereocenters. The highest BCUT2D eigenvalue weighted by Crippen LogP contribution is 2.50. The maximum absolute atomic E-state index is 3.63. The molecule has 1 saturated carbocycles. The average molecular weight is 285 g/mol. The van der Waals surface area contributed by atoms with Crippen molar-refractivity contribution in [3.63, 3.8) is 0 Å². The van der Waals surface area contributed by atoms with E-state index in [0.717, 1.165) is 0 Å². The molecule has 1 aliphatic carbocycles. The number of aryl methyl sites for hydroxylation is 1. The summed E-state index contributed by atoms with van der Waals surface area (Å²) in [6, 6.07) is 13.9. The molecule has 3 rings (SSSR count). The van der Waals surface area contributed by atoms with Gasteiger partial charge in [0.25, 0.3) is 0 Å². The second-order valence-corrected chi connectivity index (χ2v) is 7.00. The monoisotopic (exact) mass is 285 g/mol. The third kappa shape index (κ3) is 2.21. The first kappa shape index (κ1) is 13.8. The Labute approximate surface area is 126 Å². The Kier molecular flexibility index (Phi) is 3.95. The fourth-order valence-electron chi connectivity index (χ4n) is 3.94.